The van der Waals surface area contributed by atoms with Crippen LogP contribution in [0.3, 0.4) is 0 Å². The standard InChI is InChI=1S/C24H29ClN2O3S/c25-23-8-2-1-6-20(23)18-21-7-5-17-27(21)24(28)14-11-19-9-12-22(13-10-19)31(29,30)26-15-3-4-16-26/h1-2,6,8-10,12-13,21H,3-5,7,11,14-18H2. The second kappa shape index (κ2) is 9.72. The van der Waals surface area contributed by atoms with Crippen LogP contribution in [0.4, 0.5) is 0 Å². The Morgan fingerprint density at radius 3 is 2.39 bits per heavy atom. The molecule has 0 bridgehead atoms. The first-order valence-corrected chi connectivity index (χ1v) is 12.9. The molecule has 2 aromatic rings. The van der Waals surface area contributed by atoms with Gasteiger partial charge in [0.05, 0.1) is 4.90 Å². The van der Waals surface area contributed by atoms with Crippen molar-refractivity contribution in [1.29, 1.82) is 0 Å². The van der Waals surface area contributed by atoms with Crippen molar-refractivity contribution in [2.45, 2.75) is 55.9 Å². The average molecular weight is 461 g/mol. The molecular formula is C24H29ClN2O3S. The Morgan fingerprint density at radius 2 is 1.68 bits per heavy atom. The molecule has 31 heavy (non-hydrogen) atoms. The van der Waals surface area contributed by atoms with Gasteiger partial charge in [-0.3, -0.25) is 4.79 Å². The predicted octanol–water partition coefficient (Wildman–Crippen LogP) is 4.29. The molecule has 0 aliphatic carbocycles. The first-order valence-electron chi connectivity index (χ1n) is 11.1. The summed E-state index contributed by atoms with van der Waals surface area (Å²) in [6.07, 6.45) is 5.69. The van der Waals surface area contributed by atoms with E-state index in [1.54, 1.807) is 16.4 Å². The first kappa shape index (κ1) is 22.3. The van der Waals surface area contributed by atoms with Crippen molar-refractivity contribution in [3.8, 4) is 0 Å². The minimum absolute atomic E-state index is 0.156. The lowest BCUT2D eigenvalue weighted by Gasteiger charge is -2.25. The van der Waals surface area contributed by atoms with Crippen LogP contribution in [0.2, 0.25) is 5.02 Å². The zero-order valence-corrected chi connectivity index (χ0v) is 19.2. The largest absolute Gasteiger partial charge is 0.339 e. The van der Waals surface area contributed by atoms with Crippen LogP contribution >= 0.6 is 11.6 Å². The fourth-order valence-electron chi connectivity index (χ4n) is 4.59. The summed E-state index contributed by atoms with van der Waals surface area (Å²) < 4.78 is 26.9. The average Bonchev–Trinajstić information content (AvgIpc) is 3.47. The van der Waals surface area contributed by atoms with E-state index in [0.29, 0.717) is 30.8 Å². The molecule has 0 saturated carbocycles. The van der Waals surface area contributed by atoms with Crippen molar-refractivity contribution >= 4 is 27.5 Å². The summed E-state index contributed by atoms with van der Waals surface area (Å²) in [5, 5.41) is 0.755. The van der Waals surface area contributed by atoms with Crippen LogP contribution in [0.1, 0.15) is 43.2 Å². The number of amides is 1. The fraction of sp³-hybridized carbons (Fsp3) is 0.458. The molecule has 1 amide bonds. The second-order valence-electron chi connectivity index (χ2n) is 8.43. The summed E-state index contributed by atoms with van der Waals surface area (Å²) >= 11 is 6.31. The van der Waals surface area contributed by atoms with Gasteiger partial charge in [-0.1, -0.05) is 41.9 Å². The van der Waals surface area contributed by atoms with Gasteiger partial charge in [0.2, 0.25) is 15.9 Å². The van der Waals surface area contributed by atoms with Gasteiger partial charge in [-0.05, 0) is 67.9 Å². The van der Waals surface area contributed by atoms with Crippen LogP contribution in [0.25, 0.3) is 0 Å². The smallest absolute Gasteiger partial charge is 0.243 e. The number of carbonyl (C=O) groups is 1. The molecule has 2 fully saturated rings. The molecule has 5 nitrogen and oxygen atoms in total. The zero-order chi connectivity index (χ0) is 21.8. The van der Waals surface area contributed by atoms with E-state index in [1.165, 1.54) is 0 Å². The summed E-state index contributed by atoms with van der Waals surface area (Å²) in [5.41, 5.74) is 2.07. The fourth-order valence-corrected chi connectivity index (χ4v) is 6.32. The van der Waals surface area contributed by atoms with E-state index < -0.39 is 10.0 Å². The van der Waals surface area contributed by atoms with Gasteiger partial charge < -0.3 is 4.90 Å². The number of rotatable bonds is 7. The molecule has 2 aromatic carbocycles. The summed E-state index contributed by atoms with van der Waals surface area (Å²) in [6.45, 7) is 1.99. The van der Waals surface area contributed by atoms with Crippen LogP contribution in [-0.4, -0.2) is 49.2 Å². The summed E-state index contributed by atoms with van der Waals surface area (Å²) in [6, 6.07) is 15.0. The second-order valence-corrected chi connectivity index (χ2v) is 10.8. The molecular weight excluding hydrogens is 432 g/mol. The first-order chi connectivity index (χ1) is 14.9. The van der Waals surface area contributed by atoms with Crippen molar-refractivity contribution in [3.63, 3.8) is 0 Å². The van der Waals surface area contributed by atoms with E-state index in [-0.39, 0.29) is 11.9 Å². The molecule has 7 heteroatoms. The van der Waals surface area contributed by atoms with E-state index in [1.807, 2.05) is 41.3 Å². The number of likely N-dealkylation sites (tertiary alicyclic amines) is 1. The molecule has 4 rings (SSSR count). The number of benzene rings is 2. The normalized spacial score (nSPS) is 19.8. The van der Waals surface area contributed by atoms with Gasteiger partial charge in [0, 0.05) is 37.1 Å². The summed E-state index contributed by atoms with van der Waals surface area (Å²) in [5.74, 6) is 0.156. The van der Waals surface area contributed by atoms with Crippen molar-refractivity contribution in [2.75, 3.05) is 19.6 Å². The lowest BCUT2D eigenvalue weighted by Crippen LogP contribution is -2.37. The van der Waals surface area contributed by atoms with Gasteiger partial charge in [-0.2, -0.15) is 4.31 Å². The Morgan fingerprint density at radius 1 is 0.968 bits per heavy atom. The highest BCUT2D eigenvalue weighted by Crippen LogP contribution is 2.26. The van der Waals surface area contributed by atoms with Crippen molar-refractivity contribution in [1.82, 2.24) is 9.21 Å². The maximum atomic E-state index is 12.9. The van der Waals surface area contributed by atoms with Crippen LogP contribution in [0.5, 0.6) is 0 Å². The number of carbonyl (C=O) groups excluding carboxylic acids is 1. The molecule has 2 aliphatic heterocycles. The van der Waals surface area contributed by atoms with Crippen LogP contribution < -0.4 is 0 Å². The van der Waals surface area contributed by atoms with Gasteiger partial charge >= 0.3 is 0 Å². The van der Waals surface area contributed by atoms with Gasteiger partial charge in [0.1, 0.15) is 0 Å². The van der Waals surface area contributed by atoms with Gasteiger partial charge in [0.25, 0.3) is 0 Å². The number of halogens is 1. The lowest BCUT2D eigenvalue weighted by molar-refractivity contribution is -0.131. The quantitative estimate of drug-likeness (QED) is 0.619. The van der Waals surface area contributed by atoms with E-state index in [2.05, 4.69) is 0 Å². The van der Waals surface area contributed by atoms with Crippen molar-refractivity contribution < 1.29 is 13.2 Å². The molecule has 2 aliphatic rings. The molecule has 2 heterocycles. The number of aryl methyl sites for hydroxylation is 1. The van der Waals surface area contributed by atoms with E-state index >= 15 is 0 Å². The third kappa shape index (κ3) is 5.13. The van der Waals surface area contributed by atoms with Crippen LogP contribution in [0.15, 0.2) is 53.4 Å². The summed E-state index contributed by atoms with van der Waals surface area (Å²) in [4.78, 5) is 15.2. The SMILES string of the molecule is O=C(CCc1ccc(S(=O)(=O)N2CCCC2)cc1)N1CCCC1Cc1ccccc1Cl. The molecule has 0 N–H and O–H groups in total. The van der Waals surface area contributed by atoms with Gasteiger partial charge in [-0.15, -0.1) is 0 Å². The molecule has 0 aromatic heterocycles. The van der Waals surface area contributed by atoms with Crippen LogP contribution in [0, 0.1) is 0 Å². The Bertz CT molecular complexity index is 1020. The van der Waals surface area contributed by atoms with Gasteiger partial charge in [-0.25, -0.2) is 8.42 Å². The number of sulfonamides is 1. The molecule has 0 radical (unpaired) electrons. The Kier molecular flexibility index (Phi) is 6.99. The van der Waals surface area contributed by atoms with E-state index in [0.717, 1.165) is 54.8 Å². The highest BCUT2D eigenvalue weighted by molar-refractivity contribution is 7.89. The minimum atomic E-state index is -3.39. The Balaban J connectivity index is 1.34. The molecule has 0 spiro atoms. The minimum Gasteiger partial charge on any atom is -0.339 e. The predicted molar refractivity (Wildman–Crippen MR) is 123 cm³/mol. The topological polar surface area (TPSA) is 57.7 Å². The zero-order valence-electron chi connectivity index (χ0n) is 17.7. The van der Waals surface area contributed by atoms with Crippen LogP contribution in [-0.2, 0) is 27.7 Å². The molecule has 166 valence electrons. The molecule has 2 saturated heterocycles. The van der Waals surface area contributed by atoms with E-state index in [9.17, 15) is 13.2 Å². The molecule has 1 atom stereocenters. The molecule has 1 unspecified atom stereocenters. The van der Waals surface area contributed by atoms with Gasteiger partial charge in [0.15, 0.2) is 0 Å². The number of hydrogen-bond donors (Lipinski definition) is 0. The van der Waals surface area contributed by atoms with E-state index in [4.69, 9.17) is 11.6 Å². The third-order valence-corrected chi connectivity index (χ3v) is 8.65. The summed E-state index contributed by atoms with van der Waals surface area (Å²) in [7, 11) is -3.39. The monoisotopic (exact) mass is 460 g/mol. The Labute approximate surface area is 190 Å². The third-order valence-electron chi connectivity index (χ3n) is 6.36. The lowest BCUT2D eigenvalue weighted by atomic mass is 10.0. The van der Waals surface area contributed by atoms with Crippen molar-refractivity contribution in [3.05, 3.63) is 64.7 Å². The highest BCUT2D eigenvalue weighted by atomic mass is 35.5. The maximum absolute atomic E-state index is 12.9. The Hall–Kier alpha value is -1.89. The number of hydrogen-bond acceptors (Lipinski definition) is 3. The highest BCUT2D eigenvalue weighted by Gasteiger charge is 2.29. The van der Waals surface area contributed by atoms with Crippen molar-refractivity contribution in [2.24, 2.45) is 0 Å². The number of nitrogens with zero attached hydrogens (tertiary/aromatic N) is 2. The maximum Gasteiger partial charge on any atom is 0.243 e.